The van der Waals surface area contributed by atoms with Crippen LogP contribution in [-0.2, 0) is 12.8 Å². The maximum absolute atomic E-state index is 9.71. The number of aryl methyl sites for hydroxylation is 2. The molecule has 1 aromatic heterocycles. The molecular weight excluding hydrogens is 250 g/mol. The maximum Gasteiger partial charge on any atom is 0.136 e. The quantitative estimate of drug-likeness (QED) is 0.920. The standard InChI is InChI=1S/C16H25N3O/c1-11(20)10-13-6-5-9-19(13)16-14-7-3-4-8-15(14)17-12(2)18-16/h11,13,20H,3-10H2,1-2H3. The van der Waals surface area contributed by atoms with E-state index < -0.39 is 0 Å². The molecule has 0 aromatic carbocycles. The van der Waals surface area contributed by atoms with E-state index in [1.54, 1.807) is 0 Å². The normalized spacial score (nSPS) is 23.8. The molecule has 20 heavy (non-hydrogen) atoms. The van der Waals surface area contributed by atoms with Gasteiger partial charge in [-0.05, 0) is 58.8 Å². The molecule has 1 aromatic rings. The first-order chi connectivity index (χ1) is 9.65. The maximum atomic E-state index is 9.71. The number of aromatic nitrogens is 2. The van der Waals surface area contributed by atoms with Crippen LogP contribution >= 0.6 is 0 Å². The number of nitrogens with zero attached hydrogens (tertiary/aromatic N) is 3. The number of aliphatic hydroxyl groups excluding tert-OH is 1. The highest BCUT2D eigenvalue weighted by molar-refractivity contribution is 5.52. The van der Waals surface area contributed by atoms with Gasteiger partial charge in [0, 0.05) is 23.8 Å². The largest absolute Gasteiger partial charge is 0.393 e. The third kappa shape index (κ3) is 2.66. The fraction of sp³-hybridized carbons (Fsp3) is 0.750. The number of fused-ring (bicyclic) bond motifs is 1. The Morgan fingerprint density at radius 1 is 1.25 bits per heavy atom. The van der Waals surface area contributed by atoms with Crippen molar-refractivity contribution in [1.29, 1.82) is 0 Å². The molecule has 4 nitrogen and oxygen atoms in total. The summed E-state index contributed by atoms with van der Waals surface area (Å²) < 4.78 is 0. The molecule has 0 spiro atoms. The van der Waals surface area contributed by atoms with Gasteiger partial charge in [-0.2, -0.15) is 0 Å². The van der Waals surface area contributed by atoms with Crippen LogP contribution in [0.15, 0.2) is 0 Å². The lowest BCUT2D eigenvalue weighted by atomic mass is 9.95. The summed E-state index contributed by atoms with van der Waals surface area (Å²) in [6.07, 6.45) is 7.69. The molecule has 0 amide bonds. The van der Waals surface area contributed by atoms with Gasteiger partial charge in [-0.15, -0.1) is 0 Å². The van der Waals surface area contributed by atoms with Crippen molar-refractivity contribution in [1.82, 2.24) is 9.97 Å². The zero-order valence-electron chi connectivity index (χ0n) is 12.6. The monoisotopic (exact) mass is 275 g/mol. The highest BCUT2D eigenvalue weighted by atomic mass is 16.3. The lowest BCUT2D eigenvalue weighted by molar-refractivity contribution is 0.175. The first-order valence-corrected chi connectivity index (χ1v) is 7.96. The minimum atomic E-state index is -0.237. The van der Waals surface area contributed by atoms with Crippen LogP contribution in [0.5, 0.6) is 0 Å². The second-order valence-corrected chi connectivity index (χ2v) is 6.30. The highest BCUT2D eigenvalue weighted by Gasteiger charge is 2.30. The van der Waals surface area contributed by atoms with Crippen LogP contribution in [0.3, 0.4) is 0 Å². The molecule has 1 saturated heterocycles. The van der Waals surface area contributed by atoms with E-state index in [0.717, 1.165) is 37.4 Å². The van der Waals surface area contributed by atoms with Crippen LogP contribution in [0.25, 0.3) is 0 Å². The van der Waals surface area contributed by atoms with Gasteiger partial charge >= 0.3 is 0 Å². The minimum absolute atomic E-state index is 0.237. The average molecular weight is 275 g/mol. The molecule has 1 fully saturated rings. The van der Waals surface area contributed by atoms with Crippen molar-refractivity contribution in [2.24, 2.45) is 0 Å². The van der Waals surface area contributed by atoms with E-state index in [9.17, 15) is 5.11 Å². The van der Waals surface area contributed by atoms with Gasteiger partial charge in [0.15, 0.2) is 0 Å². The smallest absolute Gasteiger partial charge is 0.136 e. The van der Waals surface area contributed by atoms with Crippen LogP contribution in [0.2, 0.25) is 0 Å². The van der Waals surface area contributed by atoms with Gasteiger partial charge in [0.2, 0.25) is 0 Å². The van der Waals surface area contributed by atoms with E-state index in [0.29, 0.717) is 6.04 Å². The minimum Gasteiger partial charge on any atom is -0.393 e. The zero-order chi connectivity index (χ0) is 14.1. The Balaban J connectivity index is 1.94. The van der Waals surface area contributed by atoms with Gasteiger partial charge in [-0.25, -0.2) is 9.97 Å². The van der Waals surface area contributed by atoms with Crippen LogP contribution in [-0.4, -0.2) is 33.8 Å². The highest BCUT2D eigenvalue weighted by Crippen LogP contribution is 2.33. The average Bonchev–Trinajstić information content (AvgIpc) is 2.84. The second kappa shape index (κ2) is 5.68. The van der Waals surface area contributed by atoms with Crippen molar-refractivity contribution in [3.05, 3.63) is 17.1 Å². The summed E-state index contributed by atoms with van der Waals surface area (Å²) in [4.78, 5) is 11.8. The molecule has 2 aliphatic rings. The summed E-state index contributed by atoms with van der Waals surface area (Å²) in [5.74, 6) is 2.05. The predicted molar refractivity (Wildman–Crippen MR) is 80.1 cm³/mol. The van der Waals surface area contributed by atoms with E-state index in [2.05, 4.69) is 9.88 Å². The Morgan fingerprint density at radius 2 is 2.05 bits per heavy atom. The van der Waals surface area contributed by atoms with E-state index >= 15 is 0 Å². The van der Waals surface area contributed by atoms with E-state index in [-0.39, 0.29) is 6.10 Å². The number of anilines is 1. The van der Waals surface area contributed by atoms with Gasteiger partial charge in [0.25, 0.3) is 0 Å². The van der Waals surface area contributed by atoms with Gasteiger partial charge in [0.1, 0.15) is 11.6 Å². The molecular formula is C16H25N3O. The molecule has 110 valence electrons. The van der Waals surface area contributed by atoms with Crippen LogP contribution < -0.4 is 4.90 Å². The van der Waals surface area contributed by atoms with E-state index in [1.165, 1.54) is 36.9 Å². The Labute approximate surface area is 121 Å². The van der Waals surface area contributed by atoms with E-state index in [4.69, 9.17) is 4.98 Å². The molecule has 4 heteroatoms. The number of hydrogen-bond acceptors (Lipinski definition) is 4. The lowest BCUT2D eigenvalue weighted by Crippen LogP contribution is -2.34. The summed E-state index contributed by atoms with van der Waals surface area (Å²) in [5.41, 5.74) is 2.64. The van der Waals surface area contributed by atoms with Crippen molar-refractivity contribution in [3.8, 4) is 0 Å². The molecule has 0 bridgehead atoms. The summed E-state index contributed by atoms with van der Waals surface area (Å²) in [6.45, 7) is 4.95. The van der Waals surface area contributed by atoms with Crippen LogP contribution in [0, 0.1) is 6.92 Å². The summed E-state index contributed by atoms with van der Waals surface area (Å²) >= 11 is 0. The third-order valence-corrected chi connectivity index (χ3v) is 4.54. The van der Waals surface area contributed by atoms with Crippen molar-refractivity contribution >= 4 is 5.82 Å². The Hall–Kier alpha value is -1.16. The van der Waals surface area contributed by atoms with Gasteiger partial charge in [-0.1, -0.05) is 0 Å². The van der Waals surface area contributed by atoms with Crippen LogP contribution in [0.4, 0.5) is 5.82 Å². The van der Waals surface area contributed by atoms with Gasteiger partial charge < -0.3 is 10.0 Å². The van der Waals surface area contributed by atoms with Crippen LogP contribution in [0.1, 0.15) is 56.1 Å². The molecule has 2 atom stereocenters. The summed E-state index contributed by atoms with van der Waals surface area (Å²) in [6, 6.07) is 0.440. The number of aliphatic hydroxyl groups is 1. The SMILES string of the molecule is Cc1nc2c(c(N3CCCC3CC(C)O)n1)CCCC2. The molecule has 3 rings (SSSR count). The first-order valence-electron chi connectivity index (χ1n) is 7.96. The Kier molecular flexibility index (Phi) is 3.92. The van der Waals surface area contributed by atoms with Crippen molar-refractivity contribution < 1.29 is 5.11 Å². The molecule has 1 N–H and O–H groups in total. The number of rotatable bonds is 3. The lowest BCUT2D eigenvalue weighted by Gasteiger charge is -2.30. The van der Waals surface area contributed by atoms with Crippen molar-refractivity contribution in [2.75, 3.05) is 11.4 Å². The fourth-order valence-electron chi connectivity index (χ4n) is 3.69. The first kappa shape index (κ1) is 13.8. The Morgan fingerprint density at radius 3 is 2.85 bits per heavy atom. The third-order valence-electron chi connectivity index (χ3n) is 4.54. The van der Waals surface area contributed by atoms with Crippen molar-refractivity contribution in [3.63, 3.8) is 0 Å². The molecule has 0 radical (unpaired) electrons. The molecule has 0 saturated carbocycles. The van der Waals surface area contributed by atoms with Gasteiger partial charge in [-0.3, -0.25) is 0 Å². The van der Waals surface area contributed by atoms with Crippen molar-refractivity contribution in [2.45, 2.75) is 70.9 Å². The Bertz CT molecular complexity index is 487. The molecule has 1 aliphatic heterocycles. The predicted octanol–water partition coefficient (Wildman–Crippen LogP) is 2.40. The summed E-state index contributed by atoms with van der Waals surface area (Å²) in [7, 11) is 0. The summed E-state index contributed by atoms with van der Waals surface area (Å²) in [5, 5.41) is 9.71. The topological polar surface area (TPSA) is 49.2 Å². The zero-order valence-corrected chi connectivity index (χ0v) is 12.6. The van der Waals surface area contributed by atoms with Gasteiger partial charge in [0.05, 0.1) is 6.10 Å². The number of hydrogen-bond donors (Lipinski definition) is 1. The molecule has 1 aliphatic carbocycles. The molecule has 2 heterocycles. The fourth-order valence-corrected chi connectivity index (χ4v) is 3.69. The second-order valence-electron chi connectivity index (χ2n) is 6.30. The molecule has 2 unspecified atom stereocenters. The van der Waals surface area contributed by atoms with E-state index in [1.807, 2.05) is 13.8 Å².